The Balaban J connectivity index is 1.78. The summed E-state index contributed by atoms with van der Waals surface area (Å²) in [5.74, 6) is 1.96. The Morgan fingerprint density at radius 2 is 2.15 bits per heavy atom. The Kier molecular flexibility index (Phi) is 3.83. The van der Waals surface area contributed by atoms with E-state index in [0.29, 0.717) is 11.8 Å². The summed E-state index contributed by atoms with van der Waals surface area (Å²) in [6, 6.07) is 8.82. The second-order valence-corrected chi connectivity index (χ2v) is 5.45. The van der Waals surface area contributed by atoms with Crippen LogP contribution in [0, 0.1) is 0 Å². The van der Waals surface area contributed by atoms with Crippen molar-refractivity contribution in [2.45, 2.75) is 44.6 Å². The van der Waals surface area contributed by atoms with E-state index in [-0.39, 0.29) is 6.04 Å². The Morgan fingerprint density at radius 3 is 2.90 bits per heavy atom. The van der Waals surface area contributed by atoms with Crippen molar-refractivity contribution in [3.63, 3.8) is 0 Å². The van der Waals surface area contributed by atoms with E-state index >= 15 is 0 Å². The van der Waals surface area contributed by atoms with Crippen molar-refractivity contribution in [1.82, 2.24) is 15.5 Å². The van der Waals surface area contributed by atoms with Crippen molar-refractivity contribution < 1.29 is 4.52 Å². The summed E-state index contributed by atoms with van der Waals surface area (Å²) in [4.78, 5) is 4.61. The molecule has 1 aromatic carbocycles. The summed E-state index contributed by atoms with van der Waals surface area (Å²) in [5, 5.41) is 7.41. The SMILES string of the molecule is CCC(NC)c1nc(C2CCc3ccccc3C2)no1. The maximum Gasteiger partial charge on any atom is 0.243 e. The lowest BCUT2D eigenvalue weighted by Gasteiger charge is -2.21. The predicted octanol–water partition coefficient (Wildman–Crippen LogP) is 3.01. The fourth-order valence-electron chi connectivity index (χ4n) is 2.97. The van der Waals surface area contributed by atoms with Crippen molar-refractivity contribution in [2.75, 3.05) is 7.05 Å². The molecule has 4 heteroatoms. The van der Waals surface area contributed by atoms with Gasteiger partial charge in [-0.25, -0.2) is 0 Å². The van der Waals surface area contributed by atoms with Crippen LogP contribution in [0.3, 0.4) is 0 Å². The fraction of sp³-hybridized carbons (Fsp3) is 0.500. The van der Waals surface area contributed by atoms with Gasteiger partial charge in [-0.3, -0.25) is 0 Å². The predicted molar refractivity (Wildman–Crippen MR) is 77.6 cm³/mol. The molecule has 2 aromatic rings. The largest absolute Gasteiger partial charge is 0.338 e. The van der Waals surface area contributed by atoms with E-state index in [1.54, 1.807) is 0 Å². The average Bonchev–Trinajstić information content (AvgIpc) is 2.98. The number of fused-ring (bicyclic) bond motifs is 1. The summed E-state index contributed by atoms with van der Waals surface area (Å²) in [6.45, 7) is 2.11. The lowest BCUT2D eigenvalue weighted by Crippen LogP contribution is -2.16. The average molecular weight is 271 g/mol. The van der Waals surface area contributed by atoms with Crippen LogP contribution in [-0.2, 0) is 12.8 Å². The van der Waals surface area contributed by atoms with Crippen LogP contribution in [-0.4, -0.2) is 17.2 Å². The number of hydrogen-bond donors (Lipinski definition) is 1. The molecule has 0 radical (unpaired) electrons. The minimum absolute atomic E-state index is 0.159. The molecule has 1 aliphatic carbocycles. The maximum atomic E-state index is 5.43. The van der Waals surface area contributed by atoms with Crippen LogP contribution < -0.4 is 5.32 Å². The molecule has 0 aliphatic heterocycles. The number of hydrogen-bond acceptors (Lipinski definition) is 4. The minimum atomic E-state index is 0.159. The molecule has 1 aliphatic rings. The summed E-state index contributed by atoms with van der Waals surface area (Å²) >= 11 is 0. The molecule has 0 bridgehead atoms. The maximum absolute atomic E-state index is 5.43. The smallest absolute Gasteiger partial charge is 0.243 e. The number of nitrogens with one attached hydrogen (secondary N) is 1. The molecule has 2 unspecified atom stereocenters. The van der Waals surface area contributed by atoms with Gasteiger partial charge in [-0.15, -0.1) is 0 Å². The van der Waals surface area contributed by atoms with Gasteiger partial charge in [-0.2, -0.15) is 4.98 Å². The van der Waals surface area contributed by atoms with Crippen LogP contribution in [0.1, 0.15) is 54.6 Å². The van der Waals surface area contributed by atoms with Crippen LogP contribution in [0.4, 0.5) is 0 Å². The highest BCUT2D eigenvalue weighted by molar-refractivity contribution is 5.31. The van der Waals surface area contributed by atoms with Gasteiger partial charge in [-0.05, 0) is 43.9 Å². The van der Waals surface area contributed by atoms with Gasteiger partial charge >= 0.3 is 0 Å². The second kappa shape index (κ2) is 5.75. The zero-order chi connectivity index (χ0) is 13.9. The topological polar surface area (TPSA) is 51.0 Å². The number of benzene rings is 1. The summed E-state index contributed by atoms with van der Waals surface area (Å²) in [7, 11) is 1.93. The highest BCUT2D eigenvalue weighted by atomic mass is 16.5. The van der Waals surface area contributed by atoms with Gasteiger partial charge in [0.1, 0.15) is 0 Å². The van der Waals surface area contributed by atoms with E-state index in [1.807, 2.05) is 7.05 Å². The molecule has 106 valence electrons. The Labute approximate surface area is 119 Å². The van der Waals surface area contributed by atoms with Gasteiger partial charge in [0, 0.05) is 5.92 Å². The van der Waals surface area contributed by atoms with E-state index < -0.39 is 0 Å². The quantitative estimate of drug-likeness (QED) is 0.928. The van der Waals surface area contributed by atoms with Crippen LogP contribution in [0.5, 0.6) is 0 Å². The Hall–Kier alpha value is -1.68. The first-order valence-corrected chi connectivity index (χ1v) is 7.39. The number of aromatic nitrogens is 2. The number of rotatable bonds is 4. The van der Waals surface area contributed by atoms with Crippen molar-refractivity contribution >= 4 is 0 Å². The summed E-state index contributed by atoms with van der Waals surface area (Å²) < 4.78 is 5.43. The van der Waals surface area contributed by atoms with Crippen LogP contribution in [0.15, 0.2) is 28.8 Å². The molecule has 2 atom stereocenters. The molecule has 0 saturated heterocycles. The van der Waals surface area contributed by atoms with Crippen LogP contribution in [0.2, 0.25) is 0 Å². The monoisotopic (exact) mass is 271 g/mol. The third-order valence-electron chi connectivity index (χ3n) is 4.22. The molecule has 0 fully saturated rings. The van der Waals surface area contributed by atoms with Gasteiger partial charge in [0.15, 0.2) is 5.82 Å². The molecule has 0 saturated carbocycles. The number of aryl methyl sites for hydroxylation is 1. The lowest BCUT2D eigenvalue weighted by molar-refractivity contribution is 0.328. The van der Waals surface area contributed by atoms with Crippen molar-refractivity contribution in [2.24, 2.45) is 0 Å². The van der Waals surface area contributed by atoms with Gasteiger partial charge < -0.3 is 9.84 Å². The van der Waals surface area contributed by atoms with Crippen LogP contribution in [0.25, 0.3) is 0 Å². The van der Waals surface area contributed by atoms with Crippen molar-refractivity contribution in [3.05, 3.63) is 47.1 Å². The molecular weight excluding hydrogens is 250 g/mol. The first kappa shape index (κ1) is 13.3. The standard InChI is InChI=1S/C16H21N3O/c1-3-14(17-2)16-18-15(19-20-16)13-9-8-11-6-4-5-7-12(11)10-13/h4-7,13-14,17H,3,8-10H2,1-2H3. The third-order valence-corrected chi connectivity index (χ3v) is 4.22. The zero-order valence-corrected chi connectivity index (χ0v) is 12.1. The van der Waals surface area contributed by atoms with Gasteiger partial charge in [0.05, 0.1) is 6.04 Å². The van der Waals surface area contributed by atoms with E-state index in [2.05, 4.69) is 46.6 Å². The Bertz CT molecular complexity index is 575. The third kappa shape index (κ3) is 2.48. The minimum Gasteiger partial charge on any atom is -0.338 e. The highest BCUT2D eigenvalue weighted by Crippen LogP contribution is 2.31. The van der Waals surface area contributed by atoms with Crippen molar-refractivity contribution in [1.29, 1.82) is 0 Å². The highest BCUT2D eigenvalue weighted by Gasteiger charge is 2.25. The van der Waals surface area contributed by atoms with Crippen molar-refractivity contribution in [3.8, 4) is 0 Å². The molecular formula is C16H21N3O. The molecule has 0 spiro atoms. The van der Waals surface area contributed by atoms with Gasteiger partial charge in [0.25, 0.3) is 0 Å². The van der Waals surface area contributed by atoms with Gasteiger partial charge in [0.2, 0.25) is 5.89 Å². The molecule has 20 heavy (non-hydrogen) atoms. The van der Waals surface area contributed by atoms with E-state index in [9.17, 15) is 0 Å². The molecule has 1 heterocycles. The number of nitrogens with zero attached hydrogens (tertiary/aromatic N) is 2. The lowest BCUT2D eigenvalue weighted by atomic mass is 9.83. The Morgan fingerprint density at radius 1 is 1.35 bits per heavy atom. The van der Waals surface area contributed by atoms with E-state index in [1.165, 1.54) is 11.1 Å². The molecule has 3 rings (SSSR count). The fourth-order valence-corrected chi connectivity index (χ4v) is 2.97. The molecule has 1 aromatic heterocycles. The summed E-state index contributed by atoms with van der Waals surface area (Å²) in [6.07, 6.45) is 4.18. The van der Waals surface area contributed by atoms with E-state index in [4.69, 9.17) is 4.52 Å². The van der Waals surface area contributed by atoms with Gasteiger partial charge in [-0.1, -0.05) is 36.3 Å². The normalized spacial score (nSPS) is 19.6. The first-order chi connectivity index (χ1) is 9.81. The first-order valence-electron chi connectivity index (χ1n) is 7.39. The van der Waals surface area contributed by atoms with E-state index in [0.717, 1.165) is 31.5 Å². The summed E-state index contributed by atoms with van der Waals surface area (Å²) in [5.41, 5.74) is 2.89. The zero-order valence-electron chi connectivity index (χ0n) is 12.1. The molecule has 1 N–H and O–H groups in total. The van der Waals surface area contributed by atoms with Crippen LogP contribution >= 0.6 is 0 Å². The molecule has 0 amide bonds. The second-order valence-electron chi connectivity index (χ2n) is 5.45. The molecule has 4 nitrogen and oxygen atoms in total.